The molecular weight excluding hydrogens is 214 g/mol. The molecule has 2 N–H and O–H groups in total. The van der Waals surface area contributed by atoms with Crippen molar-refractivity contribution in [2.75, 3.05) is 5.43 Å². The Kier molecular flexibility index (Phi) is 4.12. The topological polar surface area (TPSA) is 57.0 Å². The van der Waals surface area contributed by atoms with E-state index in [1.54, 1.807) is 19.9 Å². The molecule has 0 aliphatic rings. The highest BCUT2D eigenvalue weighted by atomic mass is 35.5. The molecule has 1 rings (SSSR count). The summed E-state index contributed by atoms with van der Waals surface area (Å²) in [7, 11) is 0. The monoisotopic (exact) mass is 225 g/mol. The first-order valence-electron chi connectivity index (χ1n) is 4.39. The predicted octanol–water partition coefficient (Wildman–Crippen LogP) is 2.98. The average molecular weight is 226 g/mol. The lowest BCUT2D eigenvalue weighted by molar-refractivity contribution is 0.320. The van der Waals surface area contributed by atoms with Gasteiger partial charge in [0.15, 0.2) is 0 Å². The highest BCUT2D eigenvalue weighted by molar-refractivity contribution is 6.40. The van der Waals surface area contributed by atoms with Gasteiger partial charge in [0.2, 0.25) is 0 Å². The summed E-state index contributed by atoms with van der Waals surface area (Å²) in [5.41, 5.74) is 4.55. The van der Waals surface area contributed by atoms with E-state index in [0.717, 1.165) is 0 Å². The normalized spacial score (nSPS) is 12.7. The smallest absolute Gasteiger partial charge is 0.0993 e. The van der Waals surface area contributed by atoms with Crippen LogP contribution in [0.1, 0.15) is 13.8 Å². The minimum absolute atomic E-state index is 0.453. The van der Waals surface area contributed by atoms with E-state index in [1.807, 2.05) is 18.2 Å². The maximum atomic E-state index is 8.51. The minimum atomic E-state index is 0.453. The zero-order valence-electron chi connectivity index (χ0n) is 8.53. The summed E-state index contributed by atoms with van der Waals surface area (Å²) in [4.78, 5) is 0. The van der Waals surface area contributed by atoms with E-state index in [4.69, 9.17) is 16.8 Å². The van der Waals surface area contributed by atoms with Gasteiger partial charge in [-0.15, -0.1) is 0 Å². The number of nitrogens with one attached hydrogen (secondary N) is 1. The van der Waals surface area contributed by atoms with Gasteiger partial charge in [-0.2, -0.15) is 5.10 Å². The van der Waals surface area contributed by atoms with Gasteiger partial charge in [0, 0.05) is 0 Å². The van der Waals surface area contributed by atoms with Crippen LogP contribution in [-0.2, 0) is 0 Å². The fourth-order valence-electron chi connectivity index (χ4n) is 0.849. The molecule has 0 aliphatic carbocycles. The number of hydrazone groups is 1. The second-order valence-corrected chi connectivity index (χ2v) is 3.38. The Hall–Kier alpha value is -1.55. The van der Waals surface area contributed by atoms with Crippen molar-refractivity contribution in [1.29, 1.82) is 0 Å². The highest BCUT2D eigenvalue weighted by Crippen LogP contribution is 2.20. The van der Waals surface area contributed by atoms with Gasteiger partial charge in [-0.05, 0) is 26.0 Å². The van der Waals surface area contributed by atoms with Crippen molar-refractivity contribution in [3.8, 4) is 0 Å². The third-order valence-electron chi connectivity index (χ3n) is 1.89. The SMILES string of the molecule is CC(=N/Nc1ccccc1Cl)/C(C)=N/O. The maximum absolute atomic E-state index is 8.51. The van der Waals surface area contributed by atoms with Gasteiger partial charge < -0.3 is 5.21 Å². The number of nitrogens with zero attached hydrogens (tertiary/aromatic N) is 2. The molecule has 0 bridgehead atoms. The van der Waals surface area contributed by atoms with E-state index >= 15 is 0 Å². The zero-order valence-corrected chi connectivity index (χ0v) is 9.28. The van der Waals surface area contributed by atoms with Crippen LogP contribution < -0.4 is 5.43 Å². The Morgan fingerprint density at radius 3 is 2.53 bits per heavy atom. The van der Waals surface area contributed by atoms with Gasteiger partial charge in [0.05, 0.1) is 22.1 Å². The zero-order chi connectivity index (χ0) is 11.3. The lowest BCUT2D eigenvalue weighted by Gasteiger charge is -2.03. The largest absolute Gasteiger partial charge is 0.411 e. The van der Waals surface area contributed by atoms with Gasteiger partial charge >= 0.3 is 0 Å². The molecule has 5 heteroatoms. The van der Waals surface area contributed by atoms with Crippen molar-refractivity contribution in [2.24, 2.45) is 10.3 Å². The van der Waals surface area contributed by atoms with Crippen molar-refractivity contribution >= 4 is 28.7 Å². The van der Waals surface area contributed by atoms with Gasteiger partial charge in [-0.1, -0.05) is 28.9 Å². The van der Waals surface area contributed by atoms with Gasteiger partial charge in [0.1, 0.15) is 0 Å². The molecule has 0 amide bonds. The fourth-order valence-corrected chi connectivity index (χ4v) is 1.03. The van der Waals surface area contributed by atoms with E-state index < -0.39 is 0 Å². The molecule has 0 saturated heterocycles. The molecule has 1 aromatic rings. The molecule has 0 heterocycles. The van der Waals surface area contributed by atoms with Crippen molar-refractivity contribution in [2.45, 2.75) is 13.8 Å². The summed E-state index contributed by atoms with van der Waals surface area (Å²) < 4.78 is 0. The van der Waals surface area contributed by atoms with E-state index in [0.29, 0.717) is 22.1 Å². The van der Waals surface area contributed by atoms with Gasteiger partial charge in [-0.3, -0.25) is 5.43 Å². The quantitative estimate of drug-likeness (QED) is 0.472. The molecular formula is C10H12ClN3O. The van der Waals surface area contributed by atoms with Crippen LogP contribution in [0.2, 0.25) is 5.02 Å². The molecule has 0 radical (unpaired) electrons. The molecule has 80 valence electrons. The number of anilines is 1. The molecule has 4 nitrogen and oxygen atoms in total. The number of halogens is 1. The lowest BCUT2D eigenvalue weighted by Crippen LogP contribution is -2.08. The van der Waals surface area contributed by atoms with E-state index in [1.165, 1.54) is 0 Å². The fraction of sp³-hybridized carbons (Fsp3) is 0.200. The van der Waals surface area contributed by atoms with Crippen LogP contribution >= 0.6 is 11.6 Å². The van der Waals surface area contributed by atoms with Crippen LogP contribution in [0.15, 0.2) is 34.5 Å². The number of hydrogen-bond acceptors (Lipinski definition) is 4. The van der Waals surface area contributed by atoms with Crippen LogP contribution in [0.3, 0.4) is 0 Å². The van der Waals surface area contributed by atoms with Crippen molar-refractivity contribution in [3.05, 3.63) is 29.3 Å². The Bertz CT molecular complexity index is 401. The first-order valence-corrected chi connectivity index (χ1v) is 4.77. The number of benzene rings is 1. The lowest BCUT2D eigenvalue weighted by atomic mass is 10.3. The third-order valence-corrected chi connectivity index (χ3v) is 2.22. The Morgan fingerprint density at radius 2 is 1.93 bits per heavy atom. The molecule has 0 fully saturated rings. The molecule has 0 unspecified atom stereocenters. The van der Waals surface area contributed by atoms with E-state index in [2.05, 4.69) is 15.7 Å². The second kappa shape index (κ2) is 5.36. The average Bonchev–Trinajstić information content (AvgIpc) is 2.26. The van der Waals surface area contributed by atoms with Crippen molar-refractivity contribution < 1.29 is 5.21 Å². The van der Waals surface area contributed by atoms with Crippen LogP contribution in [0.4, 0.5) is 5.69 Å². The molecule has 0 saturated carbocycles. The summed E-state index contributed by atoms with van der Waals surface area (Å²) in [6.45, 7) is 3.39. The standard InChI is InChI=1S/C10H12ClN3O/c1-7(8(2)14-15)12-13-10-6-4-3-5-9(10)11/h3-6,13,15H,1-2H3/b12-7-,14-8+. The summed E-state index contributed by atoms with van der Waals surface area (Å²) in [5, 5.41) is 16.2. The summed E-state index contributed by atoms with van der Waals surface area (Å²) in [5.74, 6) is 0. The molecule has 15 heavy (non-hydrogen) atoms. The Balaban J connectivity index is 2.77. The van der Waals surface area contributed by atoms with Gasteiger partial charge in [-0.25, -0.2) is 0 Å². The van der Waals surface area contributed by atoms with Crippen LogP contribution in [0, 0.1) is 0 Å². The number of rotatable bonds is 3. The third kappa shape index (κ3) is 3.25. The molecule has 0 spiro atoms. The molecule has 1 aromatic carbocycles. The number of oxime groups is 1. The van der Waals surface area contributed by atoms with E-state index in [9.17, 15) is 0 Å². The minimum Gasteiger partial charge on any atom is -0.411 e. The van der Waals surface area contributed by atoms with Crippen LogP contribution in [-0.4, -0.2) is 16.6 Å². The number of hydrogen-bond donors (Lipinski definition) is 2. The van der Waals surface area contributed by atoms with Crippen molar-refractivity contribution in [1.82, 2.24) is 0 Å². The van der Waals surface area contributed by atoms with Gasteiger partial charge in [0.25, 0.3) is 0 Å². The molecule has 0 aliphatic heterocycles. The highest BCUT2D eigenvalue weighted by Gasteiger charge is 1.99. The van der Waals surface area contributed by atoms with Crippen LogP contribution in [0.25, 0.3) is 0 Å². The predicted molar refractivity (Wildman–Crippen MR) is 63.1 cm³/mol. The number of para-hydroxylation sites is 1. The first-order chi connectivity index (χ1) is 7.15. The first kappa shape index (κ1) is 11.5. The Morgan fingerprint density at radius 1 is 1.27 bits per heavy atom. The summed E-state index contributed by atoms with van der Waals surface area (Å²) >= 11 is 5.91. The van der Waals surface area contributed by atoms with Crippen molar-refractivity contribution in [3.63, 3.8) is 0 Å². The molecule has 0 aromatic heterocycles. The summed E-state index contributed by atoms with van der Waals surface area (Å²) in [6.07, 6.45) is 0. The molecule has 0 atom stereocenters. The van der Waals surface area contributed by atoms with Crippen LogP contribution in [0.5, 0.6) is 0 Å². The Labute approximate surface area is 93.3 Å². The maximum Gasteiger partial charge on any atom is 0.0993 e. The summed E-state index contributed by atoms with van der Waals surface area (Å²) in [6, 6.07) is 7.27. The second-order valence-electron chi connectivity index (χ2n) is 2.97. The van der Waals surface area contributed by atoms with E-state index in [-0.39, 0.29) is 0 Å².